The van der Waals surface area contributed by atoms with Gasteiger partial charge in [0.2, 0.25) is 23.6 Å². The molecule has 4 aliphatic rings. The second kappa shape index (κ2) is 12.3. The number of aromatic amines is 2. The fourth-order valence-electron chi connectivity index (χ4n) is 7.51. The molecule has 0 bridgehead atoms. The molecule has 19 nitrogen and oxygen atoms in total. The number of anilines is 4. The number of benzene rings is 1. The van der Waals surface area contributed by atoms with Gasteiger partial charge in [0.05, 0.1) is 47.6 Å². The first-order valence-electron chi connectivity index (χ1n) is 16.0. The van der Waals surface area contributed by atoms with Crippen LogP contribution in [0.3, 0.4) is 0 Å². The maximum absolute atomic E-state index is 13.4. The van der Waals surface area contributed by atoms with E-state index in [2.05, 4.69) is 36.6 Å². The average Bonchev–Trinajstić information content (AvgIpc) is 3.05. The normalized spacial score (nSPS) is 24.9. The third kappa shape index (κ3) is 5.15. The number of hydrogen-bond donors (Lipinski definition) is 8. The highest BCUT2D eigenvalue weighted by Crippen LogP contribution is 2.63. The van der Waals surface area contributed by atoms with E-state index in [1.165, 1.54) is 23.6 Å². The van der Waals surface area contributed by atoms with Crippen molar-refractivity contribution < 1.29 is 33.9 Å². The number of nitrogens with one attached hydrogen (secondary N) is 7. The molecule has 3 aliphatic heterocycles. The van der Waals surface area contributed by atoms with E-state index in [0.29, 0.717) is 11.4 Å². The molecule has 1 saturated carbocycles. The highest BCUT2D eigenvalue weighted by Gasteiger charge is 2.80. The summed E-state index contributed by atoms with van der Waals surface area (Å²) in [5.41, 5.74) is -1.24. The van der Waals surface area contributed by atoms with Crippen molar-refractivity contribution in [1.82, 2.24) is 41.0 Å². The lowest BCUT2D eigenvalue weighted by atomic mass is 9.42. The van der Waals surface area contributed by atoms with Gasteiger partial charge in [-0.1, -0.05) is 0 Å². The number of fused-ring (bicyclic) bond motifs is 6. The molecule has 0 spiro atoms. The zero-order valence-electron chi connectivity index (χ0n) is 27.8. The van der Waals surface area contributed by atoms with E-state index in [-0.39, 0.29) is 57.3 Å². The van der Waals surface area contributed by atoms with Crippen molar-refractivity contribution >= 4 is 58.6 Å². The quantitative estimate of drug-likeness (QED) is 0.145. The van der Waals surface area contributed by atoms with E-state index in [0.717, 1.165) is 11.1 Å². The number of urea groups is 2. The van der Waals surface area contributed by atoms with E-state index >= 15 is 0 Å². The molecule has 2 aromatic rings. The summed E-state index contributed by atoms with van der Waals surface area (Å²) in [7, 11) is 0. The molecule has 4 atom stereocenters. The number of amides is 8. The average molecular weight is 695 g/mol. The van der Waals surface area contributed by atoms with Crippen LogP contribution in [0.25, 0.3) is 0 Å². The number of nitrogens with zero attached hydrogens (tertiary/aromatic N) is 3. The van der Waals surface area contributed by atoms with Crippen LogP contribution in [0.2, 0.25) is 0 Å². The van der Waals surface area contributed by atoms with Crippen LogP contribution in [-0.4, -0.2) is 106 Å². The number of hydrogen-bond acceptors (Lipinski definition) is 11. The Kier molecular flexibility index (Phi) is 8.41. The molecule has 2 unspecified atom stereocenters. The van der Waals surface area contributed by atoms with Gasteiger partial charge in [-0.05, 0) is 51.0 Å². The lowest BCUT2D eigenvalue weighted by molar-refractivity contribution is -0.213. The van der Waals surface area contributed by atoms with Crippen LogP contribution in [-0.2, 0) is 19.2 Å². The summed E-state index contributed by atoms with van der Waals surface area (Å²) in [4.78, 5) is 112. The summed E-state index contributed by atoms with van der Waals surface area (Å²) in [6, 6.07) is 0.0936. The fraction of sp³-hybridized carbons (Fsp3) is 0.484. The van der Waals surface area contributed by atoms with Crippen LogP contribution in [0.1, 0.15) is 37.8 Å². The first-order chi connectivity index (χ1) is 23.6. The minimum Gasteiger partial charge on any atom is -0.395 e. The maximum Gasteiger partial charge on any atom is 0.327 e. The summed E-state index contributed by atoms with van der Waals surface area (Å²) < 4.78 is 0. The van der Waals surface area contributed by atoms with Crippen molar-refractivity contribution in [2.45, 2.75) is 52.6 Å². The molecular weight excluding hydrogens is 656 g/mol. The third-order valence-corrected chi connectivity index (χ3v) is 10.5. The van der Waals surface area contributed by atoms with Crippen LogP contribution in [0, 0.1) is 24.7 Å². The van der Waals surface area contributed by atoms with Gasteiger partial charge in [0.15, 0.2) is 0 Å². The molecule has 19 heteroatoms. The summed E-state index contributed by atoms with van der Waals surface area (Å²) in [6.45, 7) is 6.06. The van der Waals surface area contributed by atoms with E-state index in [9.17, 15) is 38.4 Å². The highest BCUT2D eigenvalue weighted by atomic mass is 16.3. The standard InChI is InChI=1S/C31H38N10O9/c1-14-11-16-17(12-15(14)2)41(23-20(34-16)24(45)36-27(48)35-23)13-33-19(44)6-9-40-22-21-30(3,31(22,4)26(47)38-29(40)50)25(46)37-28(49)39(21)8-5-18(43)32-7-10-42/h11-12,21-22,34,42H,5-10,13H2,1-4H3,(H,32,43)(H,33,44)(H,37,46,49)(H,38,47,50)(H2,35,36,45,48)/t21?,22?,30-,31+/m0/s1. The van der Waals surface area contributed by atoms with Crippen LogP contribution in [0.5, 0.6) is 0 Å². The van der Waals surface area contributed by atoms with Crippen molar-refractivity contribution in [1.29, 1.82) is 0 Å². The second-order valence-corrected chi connectivity index (χ2v) is 13.2. The molecule has 0 radical (unpaired) electrons. The Morgan fingerprint density at radius 1 is 0.800 bits per heavy atom. The summed E-state index contributed by atoms with van der Waals surface area (Å²) in [5.74, 6) is -2.24. The van der Waals surface area contributed by atoms with Gasteiger partial charge in [0, 0.05) is 32.5 Å². The minimum atomic E-state index is -1.49. The number of H-pyrrole nitrogens is 2. The van der Waals surface area contributed by atoms with E-state index < -0.39 is 69.9 Å². The summed E-state index contributed by atoms with van der Waals surface area (Å²) in [5, 5.41) is 21.9. The number of carbonyl (C=O) groups is 6. The SMILES string of the molecule is Cc1cc2c(cc1C)N(CNC(=O)CCN1C(=O)NC(=O)[C@@]3(C)C1C1N(CCC(=O)NCCO)C(=O)NC(=O)[C@]13C)c1[nH]c(=O)[nH]c(=O)c1N2. The second-order valence-electron chi connectivity index (χ2n) is 13.2. The Labute approximate surface area is 284 Å². The van der Waals surface area contributed by atoms with Crippen molar-refractivity contribution in [2.75, 3.05) is 43.1 Å². The van der Waals surface area contributed by atoms with E-state index in [1.807, 2.05) is 26.0 Å². The topological polar surface area (TPSA) is 258 Å². The molecule has 1 aliphatic carbocycles. The highest BCUT2D eigenvalue weighted by molar-refractivity contribution is 6.11. The summed E-state index contributed by atoms with van der Waals surface area (Å²) in [6.07, 6.45) is -0.430. The van der Waals surface area contributed by atoms with Crippen molar-refractivity contribution in [3.05, 3.63) is 44.1 Å². The molecule has 50 heavy (non-hydrogen) atoms. The van der Waals surface area contributed by atoms with Crippen LogP contribution in [0.4, 0.5) is 32.5 Å². The molecule has 8 amide bonds. The molecule has 4 heterocycles. The predicted molar refractivity (Wildman–Crippen MR) is 176 cm³/mol. The number of imide groups is 2. The van der Waals surface area contributed by atoms with Gasteiger partial charge < -0.3 is 35.8 Å². The Bertz CT molecular complexity index is 1960. The van der Waals surface area contributed by atoms with E-state index in [1.54, 1.807) is 4.90 Å². The largest absolute Gasteiger partial charge is 0.395 e. The maximum atomic E-state index is 13.4. The zero-order chi connectivity index (χ0) is 36.3. The van der Waals surface area contributed by atoms with Gasteiger partial charge in [-0.25, -0.2) is 14.4 Å². The monoisotopic (exact) mass is 694 g/mol. The van der Waals surface area contributed by atoms with Crippen LogP contribution in [0.15, 0.2) is 21.7 Å². The predicted octanol–water partition coefficient (Wildman–Crippen LogP) is -1.30. The van der Waals surface area contributed by atoms with Crippen molar-refractivity contribution in [3.8, 4) is 0 Å². The van der Waals surface area contributed by atoms with Crippen molar-refractivity contribution in [3.63, 3.8) is 0 Å². The number of rotatable bonds is 10. The minimum absolute atomic E-state index is 0.0130. The molecule has 3 fully saturated rings. The van der Waals surface area contributed by atoms with Gasteiger partial charge in [0.25, 0.3) is 5.56 Å². The molecule has 2 saturated heterocycles. The Morgan fingerprint density at radius 3 is 1.90 bits per heavy atom. The van der Waals surface area contributed by atoms with Crippen molar-refractivity contribution in [2.24, 2.45) is 10.8 Å². The first-order valence-corrected chi connectivity index (χ1v) is 16.0. The van der Waals surface area contributed by atoms with E-state index in [4.69, 9.17) is 5.11 Å². The number of carbonyl (C=O) groups excluding carboxylic acids is 6. The molecule has 266 valence electrons. The van der Waals surface area contributed by atoms with Gasteiger partial charge >= 0.3 is 17.8 Å². The Balaban J connectivity index is 1.21. The summed E-state index contributed by atoms with van der Waals surface area (Å²) >= 11 is 0. The van der Waals surface area contributed by atoms with Crippen LogP contribution < -0.4 is 42.7 Å². The van der Waals surface area contributed by atoms with Gasteiger partial charge in [-0.15, -0.1) is 0 Å². The molecular formula is C31H38N10O9. The number of aliphatic hydroxyl groups is 1. The molecule has 6 rings (SSSR count). The Hall–Kier alpha value is -5.72. The third-order valence-electron chi connectivity index (χ3n) is 10.5. The number of aryl methyl sites for hydroxylation is 2. The number of aliphatic hydroxyl groups excluding tert-OH is 1. The number of aromatic nitrogens is 2. The first kappa shape index (κ1) is 34.2. The molecule has 1 aromatic heterocycles. The fourth-order valence-corrected chi connectivity index (χ4v) is 7.51. The van der Waals surface area contributed by atoms with Gasteiger partial charge in [0.1, 0.15) is 11.5 Å². The molecule has 8 N–H and O–H groups in total. The van der Waals surface area contributed by atoms with Gasteiger partial charge in [-0.2, -0.15) is 0 Å². The Morgan fingerprint density at radius 2 is 1.34 bits per heavy atom. The zero-order valence-corrected chi connectivity index (χ0v) is 27.8. The lowest BCUT2D eigenvalue weighted by Crippen LogP contribution is -2.91. The van der Waals surface area contributed by atoms with Crippen LogP contribution >= 0.6 is 0 Å². The lowest BCUT2D eigenvalue weighted by Gasteiger charge is -2.71. The van der Waals surface area contributed by atoms with Gasteiger partial charge in [-0.3, -0.25) is 44.6 Å². The molecule has 1 aromatic carbocycles. The smallest absolute Gasteiger partial charge is 0.327 e.